The van der Waals surface area contributed by atoms with E-state index in [0.717, 1.165) is 25.0 Å². The van der Waals surface area contributed by atoms with Gasteiger partial charge in [0.15, 0.2) is 17.6 Å². The molecule has 2 aliphatic heterocycles. The van der Waals surface area contributed by atoms with Gasteiger partial charge in [-0.05, 0) is 30.5 Å². The third-order valence-corrected chi connectivity index (χ3v) is 6.54. The summed E-state index contributed by atoms with van der Waals surface area (Å²) in [7, 11) is 1.64. The van der Waals surface area contributed by atoms with E-state index in [-0.39, 0.29) is 29.4 Å². The summed E-state index contributed by atoms with van der Waals surface area (Å²) in [5.41, 5.74) is 2.11. The average Bonchev–Trinajstić information content (AvgIpc) is 2.97. The normalized spacial score (nSPS) is 35.4. The fraction of sp³-hybridized carbons (Fsp3) is 0.500. The third kappa shape index (κ3) is 1.77. The van der Waals surface area contributed by atoms with Crippen molar-refractivity contribution in [3.05, 3.63) is 35.4 Å². The number of amides is 1. The number of ether oxygens (including phenoxy) is 3. The van der Waals surface area contributed by atoms with Gasteiger partial charge >= 0.3 is 5.97 Å². The van der Waals surface area contributed by atoms with Crippen molar-refractivity contribution in [3.8, 4) is 11.5 Å². The van der Waals surface area contributed by atoms with Crippen LogP contribution in [0.25, 0.3) is 0 Å². The summed E-state index contributed by atoms with van der Waals surface area (Å²) < 4.78 is 17.6. The van der Waals surface area contributed by atoms with Crippen LogP contribution in [0.1, 0.15) is 24.5 Å². The molecule has 2 aliphatic carbocycles. The van der Waals surface area contributed by atoms with Crippen LogP contribution in [-0.2, 0) is 26.2 Å². The quantitative estimate of drug-likeness (QED) is 0.468. The smallest absolute Gasteiger partial charge is 0.303 e. The highest BCUT2D eigenvalue weighted by molar-refractivity contribution is 5.68. The van der Waals surface area contributed by atoms with Gasteiger partial charge in [-0.2, -0.15) is 0 Å². The maximum absolute atomic E-state index is 11.6. The van der Waals surface area contributed by atoms with E-state index in [1.807, 2.05) is 17.0 Å². The van der Waals surface area contributed by atoms with Crippen LogP contribution in [0, 0.1) is 5.92 Å². The van der Waals surface area contributed by atoms with E-state index in [1.54, 1.807) is 7.11 Å². The van der Waals surface area contributed by atoms with Crippen LogP contribution < -0.4 is 9.47 Å². The Kier molecular flexibility index (Phi) is 3.18. The number of hydrogen-bond acceptors (Lipinski definition) is 5. The van der Waals surface area contributed by atoms with E-state index >= 15 is 0 Å². The van der Waals surface area contributed by atoms with Crippen LogP contribution >= 0.6 is 0 Å². The number of carbonyl (C=O) groups excluding carboxylic acids is 2. The predicted molar refractivity (Wildman–Crippen MR) is 92.2 cm³/mol. The van der Waals surface area contributed by atoms with E-state index in [2.05, 4.69) is 12.1 Å². The van der Waals surface area contributed by atoms with Gasteiger partial charge in [0.2, 0.25) is 6.41 Å². The Bertz CT molecular complexity index is 834. The molecule has 0 aromatic heterocycles. The van der Waals surface area contributed by atoms with Crippen molar-refractivity contribution in [3.63, 3.8) is 0 Å². The lowest BCUT2D eigenvalue weighted by Crippen LogP contribution is -2.65. The largest absolute Gasteiger partial charge is 0.493 e. The second-order valence-electron chi connectivity index (χ2n) is 7.56. The molecule has 0 radical (unpaired) electrons. The maximum atomic E-state index is 11.6. The molecule has 0 N–H and O–H groups in total. The molecule has 1 spiro atoms. The van der Waals surface area contributed by atoms with Gasteiger partial charge in [-0.3, -0.25) is 9.59 Å². The second kappa shape index (κ2) is 5.25. The lowest BCUT2D eigenvalue weighted by molar-refractivity contribution is -0.152. The van der Waals surface area contributed by atoms with Crippen molar-refractivity contribution >= 4 is 12.4 Å². The number of methoxy groups -OCH3 is 1. The highest BCUT2D eigenvalue weighted by Gasteiger charge is 2.65. The van der Waals surface area contributed by atoms with Gasteiger partial charge in [0.1, 0.15) is 6.10 Å². The van der Waals surface area contributed by atoms with Gasteiger partial charge in [-0.15, -0.1) is 0 Å². The van der Waals surface area contributed by atoms with Crippen LogP contribution in [0.2, 0.25) is 0 Å². The first-order chi connectivity index (χ1) is 12.6. The molecular weight excluding hydrogens is 334 g/mol. The fourth-order valence-corrected chi connectivity index (χ4v) is 5.64. The SMILES string of the molecule is COc1ccc2c3c1O[C@@H]1[C@@H](OC(C)=O)C=C[C@H]4[C@H](C2)N(C=O)CC[C@@]314. The molecule has 2 heterocycles. The molecule has 2 bridgehead atoms. The molecule has 5 atom stereocenters. The molecular formula is C20H21NO5. The number of likely N-dealkylation sites (tertiary alicyclic amines) is 1. The zero-order valence-corrected chi connectivity index (χ0v) is 14.8. The molecule has 26 heavy (non-hydrogen) atoms. The first-order valence-corrected chi connectivity index (χ1v) is 9.03. The Morgan fingerprint density at radius 3 is 2.96 bits per heavy atom. The highest BCUT2D eigenvalue weighted by Crippen LogP contribution is 2.62. The monoisotopic (exact) mass is 355 g/mol. The number of esters is 1. The summed E-state index contributed by atoms with van der Waals surface area (Å²) in [6.07, 6.45) is 5.89. The number of hydrogen-bond donors (Lipinski definition) is 0. The minimum absolute atomic E-state index is 0.105. The zero-order chi connectivity index (χ0) is 18.1. The molecule has 0 saturated carbocycles. The Morgan fingerprint density at radius 2 is 2.23 bits per heavy atom. The van der Waals surface area contributed by atoms with Gasteiger partial charge in [-0.1, -0.05) is 12.1 Å². The van der Waals surface area contributed by atoms with Gasteiger partial charge < -0.3 is 19.1 Å². The van der Waals surface area contributed by atoms with Gasteiger partial charge in [-0.25, -0.2) is 0 Å². The number of carbonyl (C=O) groups is 2. The fourth-order valence-electron chi connectivity index (χ4n) is 5.64. The molecule has 1 fully saturated rings. The average molecular weight is 355 g/mol. The van der Waals surface area contributed by atoms with Crippen LogP contribution in [0.15, 0.2) is 24.3 Å². The summed E-state index contributed by atoms with van der Waals surface area (Å²) in [6.45, 7) is 2.10. The number of rotatable bonds is 3. The Hall–Kier alpha value is -2.50. The third-order valence-electron chi connectivity index (χ3n) is 6.54. The van der Waals surface area contributed by atoms with Crippen molar-refractivity contribution in [1.82, 2.24) is 4.90 Å². The summed E-state index contributed by atoms with van der Waals surface area (Å²) in [5, 5.41) is 0. The van der Waals surface area contributed by atoms with Crippen LogP contribution in [0.3, 0.4) is 0 Å². The minimum Gasteiger partial charge on any atom is -0.493 e. The maximum Gasteiger partial charge on any atom is 0.303 e. The molecule has 1 aromatic rings. The number of benzene rings is 1. The number of nitrogens with zero attached hydrogens (tertiary/aromatic N) is 1. The van der Waals surface area contributed by atoms with Gasteiger partial charge in [0.05, 0.1) is 12.5 Å². The summed E-state index contributed by atoms with van der Waals surface area (Å²) in [5.74, 6) is 1.32. The van der Waals surface area contributed by atoms with E-state index in [4.69, 9.17) is 14.2 Å². The first kappa shape index (κ1) is 15.7. The topological polar surface area (TPSA) is 65.1 Å². The van der Waals surface area contributed by atoms with Crippen molar-refractivity contribution in [2.45, 2.75) is 43.4 Å². The molecule has 5 rings (SSSR count). The van der Waals surface area contributed by atoms with Crippen molar-refractivity contribution in [2.75, 3.05) is 13.7 Å². The predicted octanol–water partition coefficient (Wildman–Crippen LogP) is 1.60. The van der Waals surface area contributed by atoms with Gasteiger partial charge in [0.25, 0.3) is 0 Å². The van der Waals surface area contributed by atoms with Crippen molar-refractivity contribution in [1.29, 1.82) is 0 Å². The molecule has 1 saturated heterocycles. The molecule has 6 nitrogen and oxygen atoms in total. The van der Waals surface area contributed by atoms with E-state index in [0.29, 0.717) is 12.3 Å². The van der Waals surface area contributed by atoms with E-state index < -0.39 is 6.10 Å². The first-order valence-electron chi connectivity index (χ1n) is 9.03. The lowest BCUT2D eigenvalue weighted by Gasteiger charge is -2.56. The second-order valence-corrected chi connectivity index (χ2v) is 7.56. The van der Waals surface area contributed by atoms with Crippen LogP contribution in [0.5, 0.6) is 11.5 Å². The van der Waals surface area contributed by atoms with Crippen LogP contribution in [0.4, 0.5) is 0 Å². The molecule has 136 valence electrons. The molecule has 1 aromatic carbocycles. The molecule has 0 unspecified atom stereocenters. The summed E-state index contributed by atoms with van der Waals surface area (Å²) in [6, 6.07) is 4.12. The van der Waals surface area contributed by atoms with Crippen LogP contribution in [-0.4, -0.2) is 49.2 Å². The minimum atomic E-state index is -0.435. The number of piperidine rings is 1. The van der Waals surface area contributed by atoms with Crippen molar-refractivity contribution in [2.24, 2.45) is 5.92 Å². The zero-order valence-electron chi connectivity index (χ0n) is 14.8. The molecule has 4 aliphatic rings. The molecule has 6 heteroatoms. The highest BCUT2D eigenvalue weighted by atomic mass is 16.6. The van der Waals surface area contributed by atoms with E-state index in [1.165, 1.54) is 18.1 Å². The van der Waals surface area contributed by atoms with E-state index in [9.17, 15) is 9.59 Å². The summed E-state index contributed by atoms with van der Waals surface area (Å²) in [4.78, 5) is 25.2. The van der Waals surface area contributed by atoms with Crippen molar-refractivity contribution < 1.29 is 23.8 Å². The lowest BCUT2D eigenvalue weighted by atomic mass is 9.53. The van der Waals surface area contributed by atoms with Gasteiger partial charge in [0, 0.05) is 31.0 Å². The Labute approximate surface area is 151 Å². The standard InChI is InChI=1S/C20H21NO5/c1-11(23)25-16-6-4-13-14-9-12-3-5-15(24-2)18-17(12)20(13,19(16)26-18)7-8-21(14)10-22/h3-6,10,13-14,16,19H,7-9H2,1-2H3/t13-,14-,16-,19+,20+/m0/s1. The Balaban J connectivity index is 1.73. The Morgan fingerprint density at radius 1 is 1.38 bits per heavy atom. The summed E-state index contributed by atoms with van der Waals surface area (Å²) >= 11 is 0. The molecule has 1 amide bonds.